The fourth-order valence-electron chi connectivity index (χ4n) is 6.82. The molecule has 2 aromatic carbocycles. The molecule has 1 saturated carbocycles. The molecule has 1 aliphatic carbocycles. The molecule has 1 aliphatic heterocycles. The number of likely N-dealkylation sites (N-methyl/N-ethyl adjacent to an activating group) is 1. The van der Waals surface area contributed by atoms with Crippen molar-refractivity contribution in [3.63, 3.8) is 0 Å². The number of hydrogen-bond donors (Lipinski definition) is 1. The Morgan fingerprint density at radius 1 is 0.953 bits per heavy atom. The number of halogens is 1. The lowest BCUT2D eigenvalue weighted by atomic mass is 9.82. The number of nitrogens with zero attached hydrogens (tertiary/aromatic N) is 4. The van der Waals surface area contributed by atoms with E-state index < -0.39 is 6.04 Å². The van der Waals surface area contributed by atoms with E-state index in [4.69, 9.17) is 11.6 Å². The van der Waals surface area contributed by atoms with Crippen molar-refractivity contribution in [2.24, 2.45) is 5.92 Å². The number of rotatable bonds is 11. The lowest BCUT2D eigenvalue weighted by Gasteiger charge is -2.45. The van der Waals surface area contributed by atoms with Gasteiger partial charge in [-0.25, -0.2) is 0 Å². The number of nitrogens with one attached hydrogen (secondary N) is 1. The van der Waals surface area contributed by atoms with Crippen molar-refractivity contribution in [1.29, 1.82) is 0 Å². The molecule has 1 saturated heterocycles. The number of carbonyl (C=O) groups is 2. The highest BCUT2D eigenvalue weighted by molar-refractivity contribution is 6.30. The first-order valence-electron chi connectivity index (χ1n) is 16.1. The highest BCUT2D eigenvalue weighted by atomic mass is 35.5. The topological polar surface area (TPSA) is 68.8 Å². The van der Waals surface area contributed by atoms with Gasteiger partial charge in [-0.15, -0.1) is 0 Å². The molecule has 2 fully saturated rings. The molecule has 2 aliphatic rings. The van der Waals surface area contributed by atoms with Gasteiger partial charge in [-0.1, -0.05) is 81.1 Å². The number of aromatic nitrogens is 1. The van der Waals surface area contributed by atoms with Gasteiger partial charge in [0.25, 0.3) is 5.91 Å². The van der Waals surface area contributed by atoms with Crippen LogP contribution in [-0.2, 0) is 11.2 Å². The Kier molecular flexibility index (Phi) is 11.1. The number of fused-ring (bicyclic) bond motifs is 1. The Morgan fingerprint density at radius 3 is 2.30 bits per heavy atom. The minimum atomic E-state index is -0.696. The smallest absolute Gasteiger partial charge is 0.270 e. The summed E-state index contributed by atoms with van der Waals surface area (Å²) in [5, 5.41) is 5.59. The van der Waals surface area contributed by atoms with Crippen LogP contribution in [-0.4, -0.2) is 89.4 Å². The fourth-order valence-corrected chi connectivity index (χ4v) is 6.94. The van der Waals surface area contributed by atoms with E-state index in [0.717, 1.165) is 55.0 Å². The Balaban J connectivity index is 1.29. The van der Waals surface area contributed by atoms with Crippen molar-refractivity contribution in [1.82, 2.24) is 25.0 Å². The van der Waals surface area contributed by atoms with Gasteiger partial charge in [0.2, 0.25) is 5.91 Å². The van der Waals surface area contributed by atoms with Gasteiger partial charge in [0.05, 0.1) is 0 Å². The summed E-state index contributed by atoms with van der Waals surface area (Å²) in [6, 6.07) is 16.9. The van der Waals surface area contributed by atoms with Crippen LogP contribution in [0.3, 0.4) is 0 Å². The number of benzene rings is 2. The number of piperazine rings is 1. The molecule has 3 aromatic rings. The van der Waals surface area contributed by atoms with Crippen LogP contribution in [0, 0.1) is 5.92 Å². The second kappa shape index (κ2) is 15.1. The molecule has 7 nitrogen and oxygen atoms in total. The first-order chi connectivity index (χ1) is 20.9. The van der Waals surface area contributed by atoms with E-state index in [2.05, 4.69) is 33.9 Å². The van der Waals surface area contributed by atoms with Gasteiger partial charge in [-0.05, 0) is 61.0 Å². The SMILES string of the molecule is CCN(CC)CC(C1CCCCC1)N1CCN(C(=O)[C@@H](Cc2ccc(Cl)cc2)NC(=O)c2cc3ccccc3cn2)CC1. The van der Waals surface area contributed by atoms with Gasteiger partial charge in [0.1, 0.15) is 11.7 Å². The quantitative estimate of drug-likeness (QED) is 0.306. The standard InChI is InChI=1S/C35H46ClN5O2/c1-3-39(4-2)25-33(27-10-6-5-7-11-27)40-18-20-41(21-19-40)35(43)32(22-26-14-16-30(36)17-15-26)38-34(42)31-23-28-12-8-9-13-29(28)24-37-31/h8-9,12-17,23-24,27,32-33H,3-7,10-11,18-22,25H2,1-2H3,(H,38,42)/t32-,33?/m1/s1. The third kappa shape index (κ3) is 8.14. The van der Waals surface area contributed by atoms with Crippen LogP contribution in [0.4, 0.5) is 0 Å². The van der Waals surface area contributed by atoms with Gasteiger partial charge in [-0.2, -0.15) is 0 Å². The molecule has 8 heteroatoms. The molecule has 1 unspecified atom stereocenters. The van der Waals surface area contributed by atoms with E-state index in [0.29, 0.717) is 36.3 Å². The van der Waals surface area contributed by atoms with E-state index >= 15 is 0 Å². The lowest BCUT2D eigenvalue weighted by Crippen LogP contribution is -2.59. The molecule has 2 amide bonds. The maximum atomic E-state index is 14.0. The van der Waals surface area contributed by atoms with Gasteiger partial charge in [0.15, 0.2) is 0 Å². The van der Waals surface area contributed by atoms with Crippen LogP contribution in [0.2, 0.25) is 5.02 Å². The van der Waals surface area contributed by atoms with Gasteiger partial charge >= 0.3 is 0 Å². The summed E-state index contributed by atoms with van der Waals surface area (Å²) < 4.78 is 0. The van der Waals surface area contributed by atoms with Crippen molar-refractivity contribution in [3.8, 4) is 0 Å². The lowest BCUT2D eigenvalue weighted by molar-refractivity contribution is -0.135. The van der Waals surface area contributed by atoms with Crippen LogP contribution in [0.25, 0.3) is 10.8 Å². The summed E-state index contributed by atoms with van der Waals surface area (Å²) in [5.41, 5.74) is 1.26. The van der Waals surface area contributed by atoms with Crippen LogP contribution in [0.5, 0.6) is 0 Å². The molecule has 2 heterocycles. The Labute approximate surface area is 261 Å². The molecular weight excluding hydrogens is 558 g/mol. The van der Waals surface area contributed by atoms with Gasteiger partial charge in [-0.3, -0.25) is 19.5 Å². The monoisotopic (exact) mass is 603 g/mol. The maximum absolute atomic E-state index is 14.0. The van der Waals surface area contributed by atoms with Crippen LogP contribution in [0.1, 0.15) is 62.0 Å². The Hall–Kier alpha value is -3.00. The first kappa shape index (κ1) is 31.4. The van der Waals surface area contributed by atoms with Gasteiger partial charge in [0, 0.05) is 61.8 Å². The highest BCUT2D eigenvalue weighted by Crippen LogP contribution is 2.30. The summed E-state index contributed by atoms with van der Waals surface area (Å²) in [6.07, 6.45) is 8.73. The minimum absolute atomic E-state index is 0.0401. The van der Waals surface area contributed by atoms with Crippen LogP contribution >= 0.6 is 11.6 Å². The number of carbonyl (C=O) groups excluding carboxylic acids is 2. The minimum Gasteiger partial charge on any atom is -0.339 e. The third-order valence-corrected chi connectivity index (χ3v) is 9.70. The van der Waals surface area contributed by atoms with Crippen LogP contribution < -0.4 is 5.32 Å². The van der Waals surface area contributed by atoms with E-state index in [-0.39, 0.29) is 11.8 Å². The summed E-state index contributed by atoms with van der Waals surface area (Å²) in [7, 11) is 0. The first-order valence-corrected chi connectivity index (χ1v) is 16.5. The number of hydrogen-bond acceptors (Lipinski definition) is 5. The molecule has 2 atom stereocenters. The van der Waals surface area contributed by atoms with Crippen LogP contribution in [0.15, 0.2) is 60.8 Å². The van der Waals surface area contributed by atoms with E-state index in [9.17, 15) is 9.59 Å². The highest BCUT2D eigenvalue weighted by Gasteiger charge is 2.35. The van der Waals surface area contributed by atoms with Gasteiger partial charge < -0.3 is 15.1 Å². The average molecular weight is 604 g/mol. The van der Waals surface area contributed by atoms with Crippen molar-refractivity contribution in [2.45, 2.75) is 64.5 Å². The zero-order chi connectivity index (χ0) is 30.2. The predicted molar refractivity (Wildman–Crippen MR) is 174 cm³/mol. The van der Waals surface area contributed by atoms with Crippen molar-refractivity contribution >= 4 is 34.2 Å². The molecule has 5 rings (SSSR count). The van der Waals surface area contributed by atoms with E-state index in [1.54, 1.807) is 12.3 Å². The maximum Gasteiger partial charge on any atom is 0.270 e. The summed E-state index contributed by atoms with van der Waals surface area (Å²) >= 11 is 6.13. The van der Waals surface area contributed by atoms with E-state index in [1.165, 1.54) is 32.1 Å². The summed E-state index contributed by atoms with van der Waals surface area (Å²) in [4.78, 5) is 39.0. The zero-order valence-corrected chi connectivity index (χ0v) is 26.4. The molecule has 0 spiro atoms. The predicted octanol–water partition coefficient (Wildman–Crippen LogP) is 5.66. The molecule has 0 bridgehead atoms. The number of amides is 2. The average Bonchev–Trinajstić information content (AvgIpc) is 3.06. The zero-order valence-electron chi connectivity index (χ0n) is 25.7. The number of pyridine rings is 1. The fraction of sp³-hybridized carbons (Fsp3) is 0.514. The van der Waals surface area contributed by atoms with E-state index in [1.807, 2.05) is 53.4 Å². The molecular formula is C35H46ClN5O2. The summed E-state index contributed by atoms with van der Waals surface area (Å²) in [5.74, 6) is 0.345. The normalized spacial score (nSPS) is 18.1. The molecule has 1 N–H and O–H groups in total. The second-order valence-electron chi connectivity index (χ2n) is 12.1. The second-order valence-corrected chi connectivity index (χ2v) is 12.5. The third-order valence-electron chi connectivity index (χ3n) is 9.45. The largest absolute Gasteiger partial charge is 0.339 e. The van der Waals surface area contributed by atoms with Crippen molar-refractivity contribution < 1.29 is 9.59 Å². The molecule has 0 radical (unpaired) electrons. The molecule has 1 aromatic heterocycles. The summed E-state index contributed by atoms with van der Waals surface area (Å²) in [6.45, 7) is 10.8. The molecule has 43 heavy (non-hydrogen) atoms. The van der Waals surface area contributed by atoms with Crippen molar-refractivity contribution in [3.05, 3.63) is 77.1 Å². The Morgan fingerprint density at radius 2 is 1.63 bits per heavy atom. The Bertz CT molecular complexity index is 1350. The van der Waals surface area contributed by atoms with Crippen molar-refractivity contribution in [2.75, 3.05) is 45.8 Å². The molecule has 230 valence electrons.